The summed E-state index contributed by atoms with van der Waals surface area (Å²) in [7, 11) is -9.83. The third-order valence-electron chi connectivity index (χ3n) is 17.8. The predicted molar refractivity (Wildman–Crippen MR) is 472 cm³/mol. The molecule has 113 heavy (non-hydrogen) atoms. The Balaban J connectivity index is 4.64. The number of carbonyl (C=O) groups is 3. The number of carbonyl (C=O) groups excluding carboxylic acids is 3. The van der Waals surface area contributed by atoms with Crippen LogP contribution in [0.4, 0.5) is 0 Å². The smallest absolute Gasteiger partial charge is 0.463 e. The number of phosphoric ester groups is 2. The Morgan fingerprint density at radius 3 is 0.708 bits per heavy atom. The highest BCUT2D eigenvalue weighted by molar-refractivity contribution is 7.47. The fourth-order valence-corrected chi connectivity index (χ4v) is 12.9. The lowest BCUT2D eigenvalue weighted by molar-refractivity contribution is -0.161. The highest BCUT2D eigenvalue weighted by Gasteiger charge is 2.29. The molecular weight excluding hydrogens is 1460 g/mol. The minimum absolute atomic E-state index is 0.0593. The first kappa shape index (κ1) is 107. The van der Waals surface area contributed by atoms with Gasteiger partial charge in [0.25, 0.3) is 0 Å². The first-order valence-corrected chi connectivity index (χ1v) is 46.7. The number of rotatable bonds is 81. The average Bonchev–Trinajstić information content (AvgIpc) is 0.899. The second-order valence-corrected chi connectivity index (χ2v) is 31.5. The van der Waals surface area contributed by atoms with Crippen molar-refractivity contribution in [1.29, 1.82) is 0 Å². The summed E-state index contributed by atoms with van der Waals surface area (Å²) in [5, 5.41) is 20.7. The van der Waals surface area contributed by atoms with Gasteiger partial charge in [0, 0.05) is 19.3 Å². The Bertz CT molecular complexity index is 2830. The van der Waals surface area contributed by atoms with Crippen LogP contribution in [0, 0.1) is 0 Å². The van der Waals surface area contributed by atoms with Crippen LogP contribution >= 0.6 is 15.6 Å². The largest absolute Gasteiger partial charge is 0.472 e. The van der Waals surface area contributed by atoms with Gasteiger partial charge < -0.3 is 34.2 Å². The summed E-state index contributed by atoms with van der Waals surface area (Å²) in [6.45, 7) is 2.30. The third-order valence-corrected chi connectivity index (χ3v) is 19.7. The minimum atomic E-state index is -4.95. The highest BCUT2D eigenvalue weighted by atomic mass is 31.2. The van der Waals surface area contributed by atoms with Crippen molar-refractivity contribution in [3.05, 3.63) is 194 Å². The third kappa shape index (κ3) is 87.1. The van der Waals surface area contributed by atoms with E-state index in [1.54, 1.807) is 0 Å². The maximum atomic E-state index is 13.0. The van der Waals surface area contributed by atoms with E-state index in [4.69, 9.17) is 32.3 Å². The van der Waals surface area contributed by atoms with Crippen LogP contribution in [0.5, 0.6) is 0 Å². The maximum Gasteiger partial charge on any atom is 0.472 e. The molecule has 0 saturated carbocycles. The van der Waals surface area contributed by atoms with Crippen molar-refractivity contribution < 1.29 is 75.8 Å². The van der Waals surface area contributed by atoms with Gasteiger partial charge in [-0.05, 0) is 161 Å². The molecule has 0 aliphatic heterocycles. The van der Waals surface area contributed by atoms with Crippen LogP contribution in [-0.4, -0.2) is 95.9 Å². The average molecular weight is 1620 g/mol. The van der Waals surface area contributed by atoms with Crippen LogP contribution in [0.2, 0.25) is 0 Å². The molecule has 18 heteroatoms. The van der Waals surface area contributed by atoms with Gasteiger partial charge in [0.1, 0.15) is 25.4 Å². The van der Waals surface area contributed by atoms with Gasteiger partial charge in [-0.15, -0.1) is 0 Å². The number of phosphoric acid groups is 2. The number of hydrogen-bond acceptors (Lipinski definition) is 14. The van der Waals surface area contributed by atoms with Crippen molar-refractivity contribution in [2.24, 2.45) is 0 Å². The van der Waals surface area contributed by atoms with Crippen LogP contribution in [0.1, 0.15) is 329 Å². The van der Waals surface area contributed by atoms with E-state index in [-0.39, 0.29) is 19.3 Å². The van der Waals surface area contributed by atoms with Gasteiger partial charge >= 0.3 is 33.6 Å². The van der Waals surface area contributed by atoms with Crippen LogP contribution in [0.25, 0.3) is 0 Å². The maximum absolute atomic E-state index is 13.0. The van der Waals surface area contributed by atoms with Gasteiger partial charge in [-0.2, -0.15) is 0 Å². The Morgan fingerprint density at radius 2 is 0.442 bits per heavy atom. The van der Waals surface area contributed by atoms with E-state index in [1.165, 1.54) is 83.5 Å². The SMILES string of the molecule is CC/C=C\C/C=C\C/C=C\C/C=C\C/C=C\C/C=C\CCCCCCCCCCCCC(=O)OCC(O)COP(=O)(O)OCC(O)COP(=O)(O)OCC(COC(=O)CCCCCCCCCCCCCCC/C=C\C/C=C\C/C=C\C/C=C\C/C=C\CC)OC(=O)CCCCC/C=C\C/C=C\C/C=C\C/C=C\C/C=C\CC. The fraction of sp³-hybridized carbons (Fsp3) is 0.632. The zero-order valence-corrected chi connectivity index (χ0v) is 72.3. The molecule has 4 N–H and O–H groups in total. The first-order valence-electron chi connectivity index (χ1n) is 43.7. The number of ether oxygens (including phenoxy) is 3. The predicted octanol–water partition coefficient (Wildman–Crippen LogP) is 26.7. The number of aliphatic hydroxyl groups is 2. The van der Waals surface area contributed by atoms with Gasteiger partial charge in [-0.3, -0.25) is 32.5 Å². The molecule has 642 valence electrons. The molecule has 0 radical (unpaired) electrons. The molecule has 0 aromatic carbocycles. The summed E-state index contributed by atoms with van der Waals surface area (Å²) < 4.78 is 61.3. The number of esters is 3. The van der Waals surface area contributed by atoms with E-state index in [1.807, 2.05) is 0 Å². The standard InChI is InChI=1S/C95H156O16P2/c1-4-7-10-13-16-19-22-25-28-31-34-36-38-40-42-44-46-48-50-52-55-57-60-63-66-69-72-75-78-81-93(98)105-84-90(96)85-107-112(101,102)108-86-91(97)87-109-113(103,104)110-89-92(111-95(100)83-80-77-74-71-68-65-62-59-54-33-30-27-24-21-18-15-12-9-6-3)88-106-94(99)82-79-76-73-70-67-64-61-58-56-53-51-49-47-45-43-41-39-37-35-32-29-26-23-20-17-14-11-8-5-2/h7-12,16-21,25-30,34-37,40-43,46,48,54,59,65,68,90-92,96-97H,4-6,13-15,22-24,31-33,38-39,44-45,47,49-53,55-58,60-64,66-67,69-89H2,1-3H3,(H,101,102)(H,103,104)/b10-7-,11-8-,12-9-,19-16-,20-17-,21-18-,28-25-,29-26-,30-27-,36-34-,37-35-,42-40-,43-41-,48-46-,59-54-,68-65-. The highest BCUT2D eigenvalue weighted by Crippen LogP contribution is 2.45. The molecule has 0 saturated heterocycles. The van der Waals surface area contributed by atoms with E-state index in [9.17, 15) is 43.5 Å². The van der Waals surface area contributed by atoms with Crippen molar-refractivity contribution in [1.82, 2.24) is 0 Å². The molecule has 0 aromatic rings. The number of unbranched alkanes of at least 4 members (excludes halogenated alkanes) is 26. The Hall–Kier alpha value is -5.61. The second-order valence-electron chi connectivity index (χ2n) is 28.5. The van der Waals surface area contributed by atoms with E-state index in [2.05, 4.69) is 215 Å². The van der Waals surface area contributed by atoms with Crippen molar-refractivity contribution >= 4 is 33.6 Å². The lowest BCUT2D eigenvalue weighted by Crippen LogP contribution is -2.30. The summed E-state index contributed by atoms with van der Waals surface area (Å²) in [5.41, 5.74) is 0. The van der Waals surface area contributed by atoms with Gasteiger partial charge in [0.2, 0.25) is 0 Å². The molecule has 0 fully saturated rings. The monoisotopic (exact) mass is 1620 g/mol. The topological polar surface area (TPSA) is 231 Å². The zero-order chi connectivity index (χ0) is 82.2. The lowest BCUT2D eigenvalue weighted by Gasteiger charge is -2.21. The lowest BCUT2D eigenvalue weighted by atomic mass is 10.0. The minimum Gasteiger partial charge on any atom is -0.463 e. The first-order chi connectivity index (χ1) is 55.2. The fourth-order valence-electron chi connectivity index (χ4n) is 11.3. The number of aliphatic hydroxyl groups excluding tert-OH is 2. The van der Waals surface area contributed by atoms with Gasteiger partial charge in [-0.25, -0.2) is 9.13 Å². The van der Waals surface area contributed by atoms with E-state index in [0.717, 1.165) is 186 Å². The summed E-state index contributed by atoms with van der Waals surface area (Å²) in [4.78, 5) is 58.9. The molecule has 0 aliphatic carbocycles. The van der Waals surface area contributed by atoms with Crippen LogP contribution < -0.4 is 0 Å². The van der Waals surface area contributed by atoms with Crippen molar-refractivity contribution in [3.63, 3.8) is 0 Å². The van der Waals surface area contributed by atoms with Gasteiger partial charge in [-0.1, -0.05) is 344 Å². The summed E-state index contributed by atoms with van der Waals surface area (Å²) in [6, 6.07) is 0. The van der Waals surface area contributed by atoms with Gasteiger partial charge in [0.15, 0.2) is 6.10 Å². The Kier molecular flexibility index (Phi) is 81.5. The quantitative estimate of drug-likeness (QED) is 0.0146. The molecule has 0 spiro atoms. The summed E-state index contributed by atoms with van der Waals surface area (Å²) >= 11 is 0. The zero-order valence-electron chi connectivity index (χ0n) is 70.5. The van der Waals surface area contributed by atoms with Crippen LogP contribution in [-0.2, 0) is 55.8 Å². The Morgan fingerprint density at radius 1 is 0.248 bits per heavy atom. The molecule has 5 unspecified atom stereocenters. The summed E-state index contributed by atoms with van der Waals surface area (Å²) in [5.74, 6) is -1.62. The molecule has 16 nitrogen and oxygen atoms in total. The summed E-state index contributed by atoms with van der Waals surface area (Å²) in [6.07, 6.45) is 113. The number of hydrogen-bond donors (Lipinski definition) is 4. The molecule has 0 rings (SSSR count). The van der Waals surface area contributed by atoms with Crippen molar-refractivity contribution in [2.45, 2.75) is 347 Å². The van der Waals surface area contributed by atoms with E-state index >= 15 is 0 Å². The van der Waals surface area contributed by atoms with Crippen LogP contribution in [0.3, 0.4) is 0 Å². The van der Waals surface area contributed by atoms with Crippen molar-refractivity contribution in [3.8, 4) is 0 Å². The van der Waals surface area contributed by atoms with Crippen LogP contribution in [0.15, 0.2) is 194 Å². The molecule has 0 aromatic heterocycles. The normalized spacial score (nSPS) is 14.8. The molecule has 0 heterocycles. The molecule has 0 bridgehead atoms. The van der Waals surface area contributed by atoms with E-state index < -0.39 is 91.5 Å². The molecule has 0 amide bonds. The van der Waals surface area contributed by atoms with Gasteiger partial charge in [0.05, 0.1) is 26.4 Å². The van der Waals surface area contributed by atoms with Crippen molar-refractivity contribution in [2.75, 3.05) is 39.6 Å². The number of allylic oxidation sites excluding steroid dienone is 32. The molecule has 5 atom stereocenters. The molecular formula is C95H156O16P2. The second kappa shape index (κ2) is 85.8. The van der Waals surface area contributed by atoms with E-state index in [0.29, 0.717) is 19.3 Å². The Labute approximate surface area is 687 Å². The molecule has 0 aliphatic rings.